The van der Waals surface area contributed by atoms with Gasteiger partial charge in [0.1, 0.15) is 0 Å². The smallest absolute Gasteiger partial charge is 0.234 e. The Morgan fingerprint density at radius 2 is 2.00 bits per heavy atom. The number of hydrogen-bond donors (Lipinski definition) is 2. The highest BCUT2D eigenvalue weighted by Gasteiger charge is 2.10. The lowest BCUT2D eigenvalue weighted by molar-refractivity contribution is -0.120. The molecule has 0 bridgehead atoms. The zero-order valence-electron chi connectivity index (χ0n) is 14.8. The van der Waals surface area contributed by atoms with Crippen LogP contribution in [0.25, 0.3) is 5.69 Å². The van der Waals surface area contributed by atoms with Crippen LogP contribution in [0, 0.1) is 13.8 Å². The molecule has 6 heteroatoms. The van der Waals surface area contributed by atoms with Crippen LogP contribution in [0.5, 0.6) is 0 Å². The molecule has 0 saturated heterocycles. The van der Waals surface area contributed by atoms with Gasteiger partial charge in [0, 0.05) is 19.3 Å². The molecule has 2 aromatic rings. The van der Waals surface area contributed by atoms with E-state index in [0.29, 0.717) is 13.2 Å². The second-order valence-electron chi connectivity index (χ2n) is 5.89. The molecular formula is C18H26N4O2. The molecule has 1 atom stereocenters. The summed E-state index contributed by atoms with van der Waals surface area (Å²) in [5.74, 6) is -0.0266. The number of methoxy groups -OCH3 is 1. The number of aryl methyl sites for hydroxylation is 2. The fourth-order valence-corrected chi connectivity index (χ4v) is 2.55. The van der Waals surface area contributed by atoms with Crippen LogP contribution in [0.15, 0.2) is 30.3 Å². The molecule has 2 N–H and O–H groups in total. The quantitative estimate of drug-likeness (QED) is 0.726. The summed E-state index contributed by atoms with van der Waals surface area (Å²) in [5.41, 5.74) is 4.18. The van der Waals surface area contributed by atoms with E-state index in [4.69, 9.17) is 4.74 Å². The molecule has 1 unspecified atom stereocenters. The lowest BCUT2D eigenvalue weighted by atomic mass is 10.1. The molecule has 130 valence electrons. The van der Waals surface area contributed by atoms with Crippen LogP contribution < -0.4 is 10.6 Å². The van der Waals surface area contributed by atoms with Crippen molar-refractivity contribution in [3.8, 4) is 5.69 Å². The van der Waals surface area contributed by atoms with E-state index >= 15 is 0 Å². The van der Waals surface area contributed by atoms with Crippen molar-refractivity contribution in [2.75, 3.05) is 26.8 Å². The number of rotatable bonds is 8. The van der Waals surface area contributed by atoms with Crippen molar-refractivity contribution in [3.05, 3.63) is 47.3 Å². The molecule has 6 nitrogen and oxygen atoms in total. The van der Waals surface area contributed by atoms with E-state index in [-0.39, 0.29) is 18.5 Å². The summed E-state index contributed by atoms with van der Waals surface area (Å²) in [6.45, 7) is 7.54. The fourth-order valence-electron chi connectivity index (χ4n) is 2.55. The average Bonchev–Trinajstić information content (AvgIpc) is 2.90. The average molecular weight is 330 g/mol. The number of benzene rings is 1. The molecule has 1 aromatic carbocycles. The minimum Gasteiger partial charge on any atom is -0.383 e. The number of aromatic nitrogens is 2. The Balaban J connectivity index is 1.92. The molecule has 24 heavy (non-hydrogen) atoms. The minimum absolute atomic E-state index is 0.0266. The van der Waals surface area contributed by atoms with E-state index in [1.54, 1.807) is 7.11 Å². The Morgan fingerprint density at radius 3 is 2.58 bits per heavy atom. The van der Waals surface area contributed by atoms with Gasteiger partial charge in [-0.1, -0.05) is 12.1 Å². The fraction of sp³-hybridized carbons (Fsp3) is 0.444. The zero-order valence-corrected chi connectivity index (χ0v) is 14.8. The molecule has 0 aliphatic carbocycles. The largest absolute Gasteiger partial charge is 0.383 e. The summed E-state index contributed by atoms with van der Waals surface area (Å²) in [4.78, 5) is 11.9. The summed E-state index contributed by atoms with van der Waals surface area (Å²) >= 11 is 0. The van der Waals surface area contributed by atoms with Gasteiger partial charge in [-0.15, -0.1) is 0 Å². The number of hydrogen-bond acceptors (Lipinski definition) is 4. The Kier molecular flexibility index (Phi) is 6.52. The molecule has 2 rings (SSSR count). The van der Waals surface area contributed by atoms with E-state index < -0.39 is 0 Å². The Labute approximate surface area is 143 Å². The predicted molar refractivity (Wildman–Crippen MR) is 94.3 cm³/mol. The number of nitrogens with one attached hydrogen (secondary N) is 2. The zero-order chi connectivity index (χ0) is 17.5. The molecular weight excluding hydrogens is 304 g/mol. The van der Waals surface area contributed by atoms with Gasteiger partial charge in [0.25, 0.3) is 0 Å². The van der Waals surface area contributed by atoms with Crippen LogP contribution in [0.2, 0.25) is 0 Å². The topological polar surface area (TPSA) is 68.2 Å². The predicted octanol–water partition coefficient (Wildman–Crippen LogP) is 1.90. The number of ether oxygens (including phenoxy) is 1. The van der Waals surface area contributed by atoms with Gasteiger partial charge in [0.2, 0.25) is 5.91 Å². The monoisotopic (exact) mass is 330 g/mol. The van der Waals surface area contributed by atoms with Crippen LogP contribution in [-0.2, 0) is 9.53 Å². The highest BCUT2D eigenvalue weighted by molar-refractivity contribution is 5.78. The third-order valence-corrected chi connectivity index (χ3v) is 3.79. The molecule has 0 saturated carbocycles. The molecule has 1 heterocycles. The maximum atomic E-state index is 11.9. The van der Waals surface area contributed by atoms with Crippen molar-refractivity contribution in [1.29, 1.82) is 0 Å². The summed E-state index contributed by atoms with van der Waals surface area (Å²) in [6.07, 6.45) is 0. The van der Waals surface area contributed by atoms with E-state index in [9.17, 15) is 4.79 Å². The normalized spacial score (nSPS) is 12.2. The third-order valence-electron chi connectivity index (χ3n) is 3.79. The van der Waals surface area contributed by atoms with Gasteiger partial charge in [0.15, 0.2) is 0 Å². The highest BCUT2D eigenvalue weighted by atomic mass is 16.5. The third kappa shape index (κ3) is 4.91. The molecule has 0 radical (unpaired) electrons. The second-order valence-corrected chi connectivity index (χ2v) is 5.89. The summed E-state index contributed by atoms with van der Waals surface area (Å²) in [5, 5.41) is 10.5. The number of nitrogens with zero attached hydrogens (tertiary/aromatic N) is 2. The summed E-state index contributed by atoms with van der Waals surface area (Å²) in [6, 6.07) is 10.1. The number of carbonyl (C=O) groups excluding carboxylic acids is 1. The minimum atomic E-state index is -0.0452. The van der Waals surface area contributed by atoms with Gasteiger partial charge in [-0.05, 0) is 44.5 Å². The molecule has 0 aliphatic heterocycles. The van der Waals surface area contributed by atoms with Gasteiger partial charge in [0.05, 0.1) is 30.6 Å². The Morgan fingerprint density at radius 1 is 1.29 bits per heavy atom. The van der Waals surface area contributed by atoms with Crippen LogP contribution in [0.3, 0.4) is 0 Å². The van der Waals surface area contributed by atoms with E-state index in [0.717, 1.165) is 22.6 Å². The van der Waals surface area contributed by atoms with E-state index in [2.05, 4.69) is 15.7 Å². The first kappa shape index (κ1) is 18.2. The lowest BCUT2D eigenvalue weighted by Gasteiger charge is -2.15. The van der Waals surface area contributed by atoms with Crippen LogP contribution in [-0.4, -0.2) is 42.5 Å². The van der Waals surface area contributed by atoms with Crippen molar-refractivity contribution in [3.63, 3.8) is 0 Å². The molecule has 0 fully saturated rings. The standard InChI is InChI=1S/C18H26N4O2/c1-13-11-14(2)22(21-13)17-7-5-16(6-8-17)15(3)20-18(23)12-19-9-10-24-4/h5-8,11,15,19H,9-10,12H2,1-4H3,(H,20,23). The number of amides is 1. The van der Waals surface area contributed by atoms with Crippen molar-refractivity contribution >= 4 is 5.91 Å². The van der Waals surface area contributed by atoms with E-state index in [1.165, 1.54) is 0 Å². The maximum Gasteiger partial charge on any atom is 0.234 e. The summed E-state index contributed by atoms with van der Waals surface area (Å²) in [7, 11) is 1.64. The van der Waals surface area contributed by atoms with E-state index in [1.807, 2.05) is 55.8 Å². The van der Waals surface area contributed by atoms with Crippen LogP contribution >= 0.6 is 0 Å². The Hall–Kier alpha value is -2.18. The maximum absolute atomic E-state index is 11.9. The first-order valence-corrected chi connectivity index (χ1v) is 8.14. The first-order valence-electron chi connectivity index (χ1n) is 8.14. The number of carbonyl (C=O) groups is 1. The second kappa shape index (κ2) is 8.61. The SMILES string of the molecule is COCCNCC(=O)NC(C)c1ccc(-n2nc(C)cc2C)cc1. The van der Waals surface area contributed by atoms with Crippen molar-refractivity contribution in [2.45, 2.75) is 26.8 Å². The lowest BCUT2D eigenvalue weighted by Crippen LogP contribution is -2.36. The Bertz CT molecular complexity index is 664. The van der Waals surface area contributed by atoms with Crippen molar-refractivity contribution < 1.29 is 9.53 Å². The van der Waals surface area contributed by atoms with Crippen molar-refractivity contribution in [2.24, 2.45) is 0 Å². The molecule has 1 amide bonds. The van der Waals surface area contributed by atoms with Gasteiger partial charge in [-0.2, -0.15) is 5.10 Å². The van der Waals surface area contributed by atoms with Gasteiger partial charge >= 0.3 is 0 Å². The van der Waals surface area contributed by atoms with Gasteiger partial charge in [-0.3, -0.25) is 4.79 Å². The molecule has 0 spiro atoms. The molecule has 1 aromatic heterocycles. The molecule has 0 aliphatic rings. The highest BCUT2D eigenvalue weighted by Crippen LogP contribution is 2.17. The van der Waals surface area contributed by atoms with Gasteiger partial charge < -0.3 is 15.4 Å². The van der Waals surface area contributed by atoms with Crippen LogP contribution in [0.1, 0.15) is 29.9 Å². The summed E-state index contributed by atoms with van der Waals surface area (Å²) < 4.78 is 6.85. The van der Waals surface area contributed by atoms with Crippen LogP contribution in [0.4, 0.5) is 0 Å². The first-order chi connectivity index (χ1) is 11.5. The van der Waals surface area contributed by atoms with Gasteiger partial charge in [-0.25, -0.2) is 4.68 Å². The van der Waals surface area contributed by atoms with Crippen molar-refractivity contribution in [1.82, 2.24) is 20.4 Å².